The highest BCUT2D eigenvalue weighted by Crippen LogP contribution is 2.25. The summed E-state index contributed by atoms with van der Waals surface area (Å²) in [7, 11) is 1.95. The van der Waals surface area contributed by atoms with Crippen LogP contribution in [0.3, 0.4) is 0 Å². The van der Waals surface area contributed by atoms with Crippen LogP contribution < -0.4 is 16.4 Å². The van der Waals surface area contributed by atoms with Crippen LogP contribution in [0.25, 0.3) is 16.9 Å². The number of fused-ring (bicyclic) bond motifs is 1. The molecule has 0 fully saturated rings. The van der Waals surface area contributed by atoms with Crippen molar-refractivity contribution in [2.75, 3.05) is 24.6 Å². The first-order chi connectivity index (χ1) is 12.4. The van der Waals surface area contributed by atoms with Crippen molar-refractivity contribution in [2.24, 2.45) is 5.92 Å². The second-order valence-electron chi connectivity index (χ2n) is 7.04. The molecule has 1 atom stereocenters. The van der Waals surface area contributed by atoms with Gasteiger partial charge in [-0.3, -0.25) is 4.57 Å². The molecule has 3 rings (SSSR count). The first-order valence-corrected chi connectivity index (χ1v) is 8.89. The molecule has 0 spiro atoms. The van der Waals surface area contributed by atoms with Crippen LogP contribution >= 0.6 is 0 Å². The van der Waals surface area contributed by atoms with E-state index < -0.39 is 0 Å². The van der Waals surface area contributed by atoms with Crippen LogP contribution in [0.4, 0.5) is 11.8 Å². The Hall–Kier alpha value is -2.67. The Labute approximate surface area is 154 Å². The number of likely N-dealkylation sites (N-methyl/N-ethyl adjacent to an activating group) is 1. The van der Waals surface area contributed by atoms with E-state index >= 15 is 0 Å². The van der Waals surface area contributed by atoms with Gasteiger partial charge in [0.1, 0.15) is 18.0 Å². The predicted molar refractivity (Wildman–Crippen MR) is 107 cm³/mol. The van der Waals surface area contributed by atoms with Crippen LogP contribution in [0.1, 0.15) is 25.0 Å². The molecule has 0 unspecified atom stereocenters. The standard InChI is InChI=1S/C19H27N7/c1-11(2)15(9-21-5)24-17-8-18(23-10-22-17)26-16-7-13(4)12(3)6-14(16)25-19(26)20/h6-8,10-11,15,21H,9H2,1-5H3,(H2,20,25)(H,22,23,24)/t15-/m1/s1. The molecule has 0 saturated carbocycles. The molecule has 0 amide bonds. The van der Waals surface area contributed by atoms with E-state index in [0.29, 0.717) is 17.7 Å². The molecular weight excluding hydrogens is 326 g/mol. The third kappa shape index (κ3) is 3.48. The number of nitrogen functional groups attached to an aromatic ring is 1. The molecule has 0 aliphatic carbocycles. The van der Waals surface area contributed by atoms with Gasteiger partial charge in [-0.15, -0.1) is 0 Å². The topological polar surface area (TPSA) is 93.7 Å². The third-order valence-corrected chi connectivity index (χ3v) is 4.74. The van der Waals surface area contributed by atoms with Gasteiger partial charge in [-0.05, 0) is 50.1 Å². The number of nitrogens with two attached hydrogens (primary N) is 1. The summed E-state index contributed by atoms with van der Waals surface area (Å²) in [4.78, 5) is 13.3. The monoisotopic (exact) mass is 353 g/mol. The Morgan fingerprint density at radius 1 is 1.12 bits per heavy atom. The number of anilines is 2. The fraction of sp³-hybridized carbons (Fsp3) is 0.421. The van der Waals surface area contributed by atoms with Gasteiger partial charge in [-0.1, -0.05) is 13.8 Å². The van der Waals surface area contributed by atoms with Crippen LogP contribution in [0.5, 0.6) is 0 Å². The largest absolute Gasteiger partial charge is 0.369 e. The lowest BCUT2D eigenvalue weighted by molar-refractivity contribution is 0.501. The number of hydrogen-bond acceptors (Lipinski definition) is 6. The van der Waals surface area contributed by atoms with Crippen LogP contribution in [0, 0.1) is 19.8 Å². The lowest BCUT2D eigenvalue weighted by Crippen LogP contribution is -2.35. The maximum atomic E-state index is 6.19. The zero-order valence-electron chi connectivity index (χ0n) is 16.0. The highest BCUT2D eigenvalue weighted by Gasteiger charge is 2.16. The zero-order valence-corrected chi connectivity index (χ0v) is 16.0. The average Bonchev–Trinajstić information content (AvgIpc) is 2.90. The smallest absolute Gasteiger partial charge is 0.207 e. The van der Waals surface area contributed by atoms with Gasteiger partial charge in [-0.25, -0.2) is 15.0 Å². The van der Waals surface area contributed by atoms with E-state index in [4.69, 9.17) is 5.73 Å². The second kappa shape index (κ2) is 7.29. The predicted octanol–water partition coefficient (Wildman–Crippen LogP) is 2.67. The number of nitrogens with one attached hydrogen (secondary N) is 2. The van der Waals surface area contributed by atoms with Gasteiger partial charge in [0.2, 0.25) is 5.95 Å². The third-order valence-electron chi connectivity index (χ3n) is 4.74. The molecule has 0 aliphatic heterocycles. The van der Waals surface area contributed by atoms with Gasteiger partial charge in [0.15, 0.2) is 0 Å². The Kier molecular flexibility index (Phi) is 5.08. The Bertz CT molecular complexity index is 914. The van der Waals surface area contributed by atoms with Crippen LogP contribution in [-0.4, -0.2) is 39.2 Å². The molecule has 26 heavy (non-hydrogen) atoms. The number of rotatable bonds is 6. The quantitative estimate of drug-likeness (QED) is 0.631. The summed E-state index contributed by atoms with van der Waals surface area (Å²) >= 11 is 0. The molecule has 0 bridgehead atoms. The molecule has 0 aliphatic rings. The minimum atomic E-state index is 0.268. The Balaban J connectivity index is 2.02. The molecule has 7 heteroatoms. The molecule has 0 saturated heterocycles. The van der Waals surface area contributed by atoms with Crippen LogP contribution in [0.2, 0.25) is 0 Å². The summed E-state index contributed by atoms with van der Waals surface area (Å²) in [5.74, 6) is 2.36. The normalized spacial score (nSPS) is 12.7. The van der Waals surface area contributed by atoms with Crippen molar-refractivity contribution in [1.82, 2.24) is 24.8 Å². The molecule has 2 heterocycles. The van der Waals surface area contributed by atoms with E-state index in [1.165, 1.54) is 11.1 Å². The first kappa shape index (κ1) is 18.1. The van der Waals surface area contributed by atoms with Gasteiger partial charge < -0.3 is 16.4 Å². The van der Waals surface area contributed by atoms with Crippen molar-refractivity contribution >= 4 is 22.8 Å². The molecule has 2 aromatic heterocycles. The summed E-state index contributed by atoms with van der Waals surface area (Å²) < 4.78 is 1.87. The van der Waals surface area contributed by atoms with E-state index in [9.17, 15) is 0 Å². The van der Waals surface area contributed by atoms with Crippen LogP contribution in [-0.2, 0) is 0 Å². The number of benzene rings is 1. The van der Waals surface area contributed by atoms with E-state index in [2.05, 4.69) is 65.4 Å². The van der Waals surface area contributed by atoms with Crippen molar-refractivity contribution in [1.29, 1.82) is 0 Å². The summed E-state index contributed by atoms with van der Waals surface area (Å²) in [5, 5.41) is 6.70. The number of imidazole rings is 1. The van der Waals surface area contributed by atoms with E-state index in [-0.39, 0.29) is 6.04 Å². The van der Waals surface area contributed by atoms with Gasteiger partial charge in [0.25, 0.3) is 0 Å². The first-order valence-electron chi connectivity index (χ1n) is 8.89. The van der Waals surface area contributed by atoms with Gasteiger partial charge in [-0.2, -0.15) is 0 Å². The molecule has 138 valence electrons. The van der Waals surface area contributed by atoms with Gasteiger partial charge in [0.05, 0.1) is 11.0 Å². The zero-order chi connectivity index (χ0) is 18.8. The molecule has 1 aromatic carbocycles. The fourth-order valence-electron chi connectivity index (χ4n) is 3.00. The maximum absolute atomic E-state index is 6.19. The number of aryl methyl sites for hydroxylation is 2. The molecule has 3 aromatic rings. The molecule has 0 radical (unpaired) electrons. The second-order valence-corrected chi connectivity index (χ2v) is 7.04. The summed E-state index contributed by atoms with van der Waals surface area (Å²) in [6.07, 6.45) is 1.56. The number of aromatic nitrogens is 4. The minimum absolute atomic E-state index is 0.268. The van der Waals surface area contributed by atoms with Gasteiger partial charge in [0, 0.05) is 18.7 Å². The minimum Gasteiger partial charge on any atom is -0.369 e. The van der Waals surface area contributed by atoms with Gasteiger partial charge >= 0.3 is 0 Å². The van der Waals surface area contributed by atoms with Crippen molar-refractivity contribution in [2.45, 2.75) is 33.7 Å². The summed E-state index contributed by atoms with van der Waals surface area (Å²) in [6, 6.07) is 6.34. The van der Waals surface area contributed by atoms with Crippen molar-refractivity contribution < 1.29 is 0 Å². The van der Waals surface area contributed by atoms with E-state index in [1.54, 1.807) is 6.33 Å². The summed E-state index contributed by atoms with van der Waals surface area (Å²) in [6.45, 7) is 9.38. The molecule has 7 nitrogen and oxygen atoms in total. The van der Waals surface area contributed by atoms with Crippen molar-refractivity contribution in [3.63, 3.8) is 0 Å². The number of hydrogen-bond donors (Lipinski definition) is 3. The maximum Gasteiger partial charge on any atom is 0.207 e. The average molecular weight is 353 g/mol. The summed E-state index contributed by atoms with van der Waals surface area (Å²) in [5.41, 5.74) is 10.4. The SMILES string of the molecule is CNC[C@@H](Nc1cc(-n2c(N)nc3cc(C)c(C)cc32)ncn1)C(C)C. The lowest BCUT2D eigenvalue weighted by Gasteiger charge is -2.22. The molecular formula is C19H27N7. The van der Waals surface area contributed by atoms with Crippen molar-refractivity contribution in [3.05, 3.63) is 35.7 Å². The highest BCUT2D eigenvalue weighted by molar-refractivity contribution is 5.82. The highest BCUT2D eigenvalue weighted by atomic mass is 15.2. The van der Waals surface area contributed by atoms with Crippen molar-refractivity contribution in [3.8, 4) is 5.82 Å². The van der Waals surface area contributed by atoms with Crippen LogP contribution in [0.15, 0.2) is 24.5 Å². The van der Waals surface area contributed by atoms with E-state index in [1.807, 2.05) is 17.7 Å². The molecule has 4 N–H and O–H groups in total. The Morgan fingerprint density at radius 2 is 1.85 bits per heavy atom. The lowest BCUT2D eigenvalue weighted by atomic mass is 10.0. The fourth-order valence-corrected chi connectivity index (χ4v) is 3.00. The number of nitrogens with zero attached hydrogens (tertiary/aromatic N) is 4. The van der Waals surface area contributed by atoms with E-state index in [0.717, 1.165) is 23.4 Å². The Morgan fingerprint density at radius 3 is 2.54 bits per heavy atom.